The van der Waals surface area contributed by atoms with E-state index in [2.05, 4.69) is 85.8 Å². The van der Waals surface area contributed by atoms with Gasteiger partial charge in [-0.2, -0.15) is 0 Å². The fraction of sp³-hybridized carbons (Fsp3) is 0.259. The third-order valence-electron chi connectivity index (χ3n) is 5.62. The Morgan fingerprint density at radius 2 is 1.50 bits per heavy atom. The van der Waals surface area contributed by atoms with E-state index in [0.29, 0.717) is 0 Å². The summed E-state index contributed by atoms with van der Waals surface area (Å²) in [6.07, 6.45) is 9.92. The van der Waals surface area contributed by atoms with Crippen molar-refractivity contribution in [1.29, 1.82) is 0 Å². The van der Waals surface area contributed by atoms with Crippen molar-refractivity contribution in [1.82, 2.24) is 0 Å². The van der Waals surface area contributed by atoms with Crippen LogP contribution in [0.2, 0.25) is 0 Å². The van der Waals surface area contributed by atoms with Crippen LogP contribution in [0.4, 0.5) is 0 Å². The molecule has 0 aromatic heterocycles. The third kappa shape index (κ3) is 4.82. The van der Waals surface area contributed by atoms with E-state index in [1.807, 2.05) is 0 Å². The van der Waals surface area contributed by atoms with Gasteiger partial charge in [-0.3, -0.25) is 0 Å². The molecule has 0 radical (unpaired) electrons. The second-order valence-electron chi connectivity index (χ2n) is 7.60. The van der Waals surface area contributed by atoms with Crippen molar-refractivity contribution in [2.45, 2.75) is 45.4 Å². The minimum absolute atomic E-state index is 0. The maximum absolute atomic E-state index is 2.39. The molecule has 0 N–H and O–H groups in total. The predicted octanol–water partition coefficient (Wildman–Crippen LogP) is 7.57. The zero-order valence-corrected chi connectivity index (χ0v) is 19.2. The molecule has 0 heterocycles. The van der Waals surface area contributed by atoms with Crippen molar-refractivity contribution < 1.29 is 26.2 Å². The molecule has 0 aliphatic heterocycles. The number of allylic oxidation sites excluding steroid dienone is 1. The second kappa shape index (κ2) is 10.2. The van der Waals surface area contributed by atoms with E-state index in [9.17, 15) is 0 Å². The maximum Gasteiger partial charge on any atom is 0 e. The minimum atomic E-state index is 0. The van der Waals surface area contributed by atoms with Crippen LogP contribution in [-0.4, -0.2) is 0 Å². The average Bonchev–Trinajstić information content (AvgIpc) is 3.17. The molecule has 1 aliphatic carbocycles. The van der Waals surface area contributed by atoms with Crippen molar-refractivity contribution >= 4 is 11.6 Å². The summed E-state index contributed by atoms with van der Waals surface area (Å²) >= 11 is 0. The number of unbranched alkanes of at least 4 members (excludes halogenated alkanes) is 3. The summed E-state index contributed by atoms with van der Waals surface area (Å²) in [4.78, 5) is 0. The summed E-state index contributed by atoms with van der Waals surface area (Å²) in [7, 11) is 0. The molecular formula is C27H28Zr. The number of benzene rings is 3. The molecule has 3 aromatic carbocycles. The van der Waals surface area contributed by atoms with Crippen LogP contribution in [0.1, 0.15) is 54.9 Å². The standard InChI is InChI=1S/C27H28.Zr/c1-2-3-4-6-10-21-15-17-23(18-16-21)26-14-9-13-24-19-25(20-27(24)26)22-11-7-5-8-12-22;/h5,7-9,11-18,20H,2-4,6,10,19H2,1H3;. The van der Waals surface area contributed by atoms with Crippen LogP contribution in [0.5, 0.6) is 0 Å². The molecule has 0 bridgehead atoms. The van der Waals surface area contributed by atoms with E-state index >= 15 is 0 Å². The summed E-state index contributed by atoms with van der Waals surface area (Å²) in [5.41, 5.74) is 9.74. The molecule has 0 saturated carbocycles. The van der Waals surface area contributed by atoms with Gasteiger partial charge in [0.2, 0.25) is 0 Å². The minimum Gasteiger partial charge on any atom is -0.0654 e. The number of aryl methyl sites for hydroxylation is 1. The smallest absolute Gasteiger partial charge is 0 e. The third-order valence-corrected chi connectivity index (χ3v) is 5.62. The zero-order chi connectivity index (χ0) is 18.5. The van der Waals surface area contributed by atoms with Gasteiger partial charge in [0.15, 0.2) is 0 Å². The molecule has 28 heavy (non-hydrogen) atoms. The summed E-state index contributed by atoms with van der Waals surface area (Å²) in [5, 5.41) is 0. The van der Waals surface area contributed by atoms with Gasteiger partial charge in [-0.05, 0) is 64.3 Å². The molecular weight excluding hydrogens is 416 g/mol. The van der Waals surface area contributed by atoms with Gasteiger partial charge in [0.1, 0.15) is 0 Å². The van der Waals surface area contributed by atoms with Gasteiger partial charge in [-0.15, -0.1) is 0 Å². The van der Waals surface area contributed by atoms with Crippen LogP contribution >= 0.6 is 0 Å². The molecule has 3 aromatic rings. The van der Waals surface area contributed by atoms with Gasteiger partial charge >= 0.3 is 0 Å². The average molecular weight is 444 g/mol. The molecule has 0 spiro atoms. The van der Waals surface area contributed by atoms with Crippen LogP contribution in [0.15, 0.2) is 72.8 Å². The Hall–Kier alpha value is -1.72. The fourth-order valence-electron chi connectivity index (χ4n) is 4.06. The van der Waals surface area contributed by atoms with E-state index < -0.39 is 0 Å². The first-order chi connectivity index (χ1) is 13.3. The predicted molar refractivity (Wildman–Crippen MR) is 118 cm³/mol. The number of hydrogen-bond acceptors (Lipinski definition) is 0. The molecule has 1 aliphatic rings. The Morgan fingerprint density at radius 3 is 2.25 bits per heavy atom. The van der Waals surface area contributed by atoms with Gasteiger partial charge in [0.05, 0.1) is 0 Å². The Balaban J connectivity index is 0.00000225. The van der Waals surface area contributed by atoms with E-state index in [4.69, 9.17) is 0 Å². The van der Waals surface area contributed by atoms with E-state index in [1.165, 1.54) is 71.1 Å². The van der Waals surface area contributed by atoms with Crippen LogP contribution in [0, 0.1) is 0 Å². The molecule has 4 rings (SSSR count). The molecule has 0 unspecified atom stereocenters. The summed E-state index contributed by atoms with van der Waals surface area (Å²) in [5.74, 6) is 0. The Morgan fingerprint density at radius 1 is 0.714 bits per heavy atom. The molecule has 0 nitrogen and oxygen atoms in total. The first-order valence-corrected chi connectivity index (χ1v) is 10.3. The van der Waals surface area contributed by atoms with Crippen LogP contribution in [0.3, 0.4) is 0 Å². The molecule has 0 fully saturated rings. The molecule has 0 atom stereocenters. The van der Waals surface area contributed by atoms with Crippen LogP contribution in [-0.2, 0) is 39.0 Å². The number of rotatable bonds is 7. The first-order valence-electron chi connectivity index (χ1n) is 10.3. The number of hydrogen-bond donors (Lipinski definition) is 0. The van der Waals surface area contributed by atoms with Crippen molar-refractivity contribution in [3.05, 3.63) is 95.1 Å². The fourth-order valence-corrected chi connectivity index (χ4v) is 4.06. The molecule has 140 valence electrons. The summed E-state index contributed by atoms with van der Waals surface area (Å²) < 4.78 is 0. The second-order valence-corrected chi connectivity index (χ2v) is 7.60. The largest absolute Gasteiger partial charge is 0.0654 e. The van der Waals surface area contributed by atoms with E-state index in [0.717, 1.165) is 6.42 Å². The van der Waals surface area contributed by atoms with Crippen molar-refractivity contribution in [3.8, 4) is 11.1 Å². The number of fused-ring (bicyclic) bond motifs is 1. The van der Waals surface area contributed by atoms with Crippen LogP contribution in [0.25, 0.3) is 22.8 Å². The van der Waals surface area contributed by atoms with Gasteiger partial charge in [-0.1, -0.05) is 99.0 Å². The Kier molecular flexibility index (Phi) is 7.63. The summed E-state index contributed by atoms with van der Waals surface area (Å²) in [6, 6.07) is 26.7. The Labute approximate surface area is 188 Å². The quantitative estimate of drug-likeness (QED) is 0.330. The van der Waals surface area contributed by atoms with Gasteiger partial charge in [0.25, 0.3) is 0 Å². The van der Waals surface area contributed by atoms with Gasteiger partial charge in [0, 0.05) is 26.2 Å². The van der Waals surface area contributed by atoms with E-state index in [-0.39, 0.29) is 26.2 Å². The van der Waals surface area contributed by atoms with Crippen molar-refractivity contribution in [2.75, 3.05) is 0 Å². The molecule has 0 saturated heterocycles. The SMILES string of the molecule is CCCCCCc1ccc(-c2cccc3c2C=C(c2ccccc2)C3)cc1.[Zr]. The topological polar surface area (TPSA) is 0 Å². The van der Waals surface area contributed by atoms with Crippen LogP contribution < -0.4 is 0 Å². The molecule has 1 heteroatoms. The Bertz CT molecular complexity index is 920. The van der Waals surface area contributed by atoms with Gasteiger partial charge < -0.3 is 0 Å². The molecule has 0 amide bonds. The zero-order valence-electron chi connectivity index (χ0n) is 16.7. The maximum atomic E-state index is 2.39. The van der Waals surface area contributed by atoms with Crippen molar-refractivity contribution in [2.24, 2.45) is 0 Å². The van der Waals surface area contributed by atoms with Gasteiger partial charge in [-0.25, -0.2) is 0 Å². The normalized spacial score (nSPS) is 12.2. The monoisotopic (exact) mass is 442 g/mol. The summed E-state index contributed by atoms with van der Waals surface area (Å²) in [6.45, 7) is 2.27. The van der Waals surface area contributed by atoms with Crippen molar-refractivity contribution in [3.63, 3.8) is 0 Å². The first kappa shape index (κ1) is 21.0. The van der Waals surface area contributed by atoms with E-state index in [1.54, 1.807) is 0 Å².